The smallest absolute Gasteiger partial charge is 0.165 e. The lowest BCUT2D eigenvalue weighted by molar-refractivity contribution is 0.556. The molecule has 0 amide bonds. The topological polar surface area (TPSA) is 34.1 Å². The minimum absolute atomic E-state index is 0.248. The van der Waals surface area contributed by atoms with Gasteiger partial charge in [0, 0.05) is 0 Å². The Balaban J connectivity index is 3.09. The van der Waals surface area contributed by atoms with Crippen molar-refractivity contribution in [2.45, 2.75) is 43.6 Å². The maximum atomic E-state index is 11.8. The molecular formula is C9H16O2S. The van der Waals surface area contributed by atoms with Gasteiger partial charge in [-0.05, 0) is 19.8 Å². The van der Waals surface area contributed by atoms with Crippen LogP contribution < -0.4 is 0 Å². The van der Waals surface area contributed by atoms with Gasteiger partial charge in [-0.1, -0.05) is 26.0 Å². The summed E-state index contributed by atoms with van der Waals surface area (Å²) in [4.78, 5) is 0. The maximum absolute atomic E-state index is 11.8. The van der Waals surface area contributed by atoms with Crippen LogP contribution in [0, 0.1) is 0 Å². The second kappa shape index (κ2) is 2.87. The van der Waals surface area contributed by atoms with Crippen molar-refractivity contribution in [1.29, 1.82) is 0 Å². The van der Waals surface area contributed by atoms with E-state index in [1.807, 2.05) is 26.0 Å². The molecule has 1 heterocycles. The number of hydrogen-bond donors (Lipinski definition) is 0. The summed E-state index contributed by atoms with van der Waals surface area (Å²) in [5.41, 5.74) is 0. The van der Waals surface area contributed by atoms with Crippen LogP contribution in [-0.2, 0) is 9.84 Å². The Bertz CT molecular complexity index is 290. The van der Waals surface area contributed by atoms with Crippen LogP contribution in [0.15, 0.2) is 12.2 Å². The third-order valence-electron chi connectivity index (χ3n) is 2.82. The van der Waals surface area contributed by atoms with E-state index in [1.54, 1.807) is 6.92 Å². The summed E-state index contributed by atoms with van der Waals surface area (Å²) in [5.74, 6) is 0. The first-order valence-corrected chi connectivity index (χ1v) is 5.95. The third-order valence-corrected chi connectivity index (χ3v) is 5.83. The Labute approximate surface area is 74.6 Å². The minimum Gasteiger partial charge on any atom is -0.227 e. The molecule has 0 aliphatic carbocycles. The summed E-state index contributed by atoms with van der Waals surface area (Å²) in [7, 11) is -2.94. The van der Waals surface area contributed by atoms with Gasteiger partial charge < -0.3 is 0 Å². The molecule has 0 radical (unpaired) electrons. The van der Waals surface area contributed by atoms with Crippen molar-refractivity contribution in [3.05, 3.63) is 12.2 Å². The van der Waals surface area contributed by atoms with Gasteiger partial charge in [0.1, 0.15) is 0 Å². The van der Waals surface area contributed by atoms with E-state index in [2.05, 4.69) is 0 Å². The fraction of sp³-hybridized carbons (Fsp3) is 0.778. The van der Waals surface area contributed by atoms with Crippen LogP contribution in [0.5, 0.6) is 0 Å². The van der Waals surface area contributed by atoms with Crippen molar-refractivity contribution in [3.63, 3.8) is 0 Å². The molecule has 0 N–H and O–H groups in total. The maximum Gasteiger partial charge on any atom is 0.165 e. The predicted octanol–water partition coefficient (Wildman–Crippen LogP) is 1.92. The van der Waals surface area contributed by atoms with Crippen LogP contribution in [0.2, 0.25) is 0 Å². The van der Waals surface area contributed by atoms with E-state index >= 15 is 0 Å². The fourth-order valence-electron chi connectivity index (χ4n) is 1.53. The first-order chi connectivity index (χ1) is 5.48. The normalized spacial score (nSPS) is 38.8. The third kappa shape index (κ3) is 1.11. The molecule has 3 heteroatoms. The second-order valence-electron chi connectivity index (χ2n) is 3.52. The highest BCUT2D eigenvalue weighted by molar-refractivity contribution is 7.94. The molecule has 70 valence electrons. The van der Waals surface area contributed by atoms with E-state index < -0.39 is 14.6 Å². The average Bonchev–Trinajstić information content (AvgIpc) is 2.25. The van der Waals surface area contributed by atoms with Gasteiger partial charge in [0.15, 0.2) is 9.84 Å². The summed E-state index contributed by atoms with van der Waals surface area (Å²) in [6.07, 6.45) is 5.03. The molecule has 0 bridgehead atoms. The molecule has 0 saturated carbocycles. The Morgan fingerprint density at radius 2 is 2.00 bits per heavy atom. The molecule has 0 fully saturated rings. The van der Waals surface area contributed by atoms with Crippen LogP contribution in [-0.4, -0.2) is 18.4 Å². The summed E-state index contributed by atoms with van der Waals surface area (Å²) in [6.45, 7) is 5.63. The van der Waals surface area contributed by atoms with E-state index in [4.69, 9.17) is 0 Å². The SMILES string of the molecule is CCC1C=CC(C)(CC)S1(=O)=O. The summed E-state index contributed by atoms with van der Waals surface area (Å²) in [5, 5.41) is -0.248. The van der Waals surface area contributed by atoms with Crippen molar-refractivity contribution < 1.29 is 8.42 Å². The van der Waals surface area contributed by atoms with Gasteiger partial charge >= 0.3 is 0 Å². The molecule has 2 nitrogen and oxygen atoms in total. The molecule has 2 unspecified atom stereocenters. The first-order valence-electron chi connectivity index (χ1n) is 4.40. The lowest BCUT2D eigenvalue weighted by atomic mass is 10.1. The highest BCUT2D eigenvalue weighted by atomic mass is 32.2. The standard InChI is InChI=1S/C9H16O2S/c1-4-8-6-7-9(3,5-2)12(8,10)11/h6-8H,4-5H2,1-3H3. The van der Waals surface area contributed by atoms with Crippen molar-refractivity contribution in [2.24, 2.45) is 0 Å². The van der Waals surface area contributed by atoms with Crippen molar-refractivity contribution >= 4 is 9.84 Å². The largest absolute Gasteiger partial charge is 0.227 e. The van der Waals surface area contributed by atoms with Crippen LogP contribution in [0.4, 0.5) is 0 Å². The molecule has 0 saturated heterocycles. The molecule has 0 aromatic carbocycles. The Morgan fingerprint density at radius 1 is 1.42 bits per heavy atom. The van der Waals surface area contributed by atoms with Gasteiger partial charge in [-0.25, -0.2) is 8.42 Å². The van der Waals surface area contributed by atoms with Crippen molar-refractivity contribution in [2.75, 3.05) is 0 Å². The van der Waals surface area contributed by atoms with Gasteiger partial charge in [0.2, 0.25) is 0 Å². The van der Waals surface area contributed by atoms with Crippen LogP contribution in [0.25, 0.3) is 0 Å². The van der Waals surface area contributed by atoms with Crippen molar-refractivity contribution in [3.8, 4) is 0 Å². The van der Waals surface area contributed by atoms with Crippen molar-refractivity contribution in [1.82, 2.24) is 0 Å². The van der Waals surface area contributed by atoms with E-state index in [0.717, 1.165) is 0 Å². The van der Waals surface area contributed by atoms with Gasteiger partial charge in [-0.2, -0.15) is 0 Å². The van der Waals surface area contributed by atoms with Gasteiger partial charge in [-0.15, -0.1) is 0 Å². The molecule has 0 aromatic rings. The number of rotatable bonds is 2. The zero-order valence-electron chi connectivity index (χ0n) is 7.87. The van der Waals surface area contributed by atoms with Crippen LogP contribution in [0.3, 0.4) is 0 Å². The van der Waals surface area contributed by atoms with E-state index in [1.165, 1.54) is 0 Å². The quantitative estimate of drug-likeness (QED) is 0.620. The molecule has 1 rings (SSSR count). The molecule has 0 spiro atoms. The Hall–Kier alpha value is -0.310. The highest BCUT2D eigenvalue weighted by Gasteiger charge is 2.43. The fourth-order valence-corrected chi connectivity index (χ4v) is 3.62. The molecule has 1 aliphatic heterocycles. The highest BCUT2D eigenvalue weighted by Crippen LogP contribution is 2.34. The second-order valence-corrected chi connectivity index (χ2v) is 6.15. The predicted molar refractivity (Wildman–Crippen MR) is 50.8 cm³/mol. The lowest BCUT2D eigenvalue weighted by Gasteiger charge is -2.21. The average molecular weight is 188 g/mol. The molecule has 1 aliphatic rings. The molecule has 2 atom stereocenters. The van der Waals surface area contributed by atoms with E-state index in [9.17, 15) is 8.42 Å². The lowest BCUT2D eigenvalue weighted by Crippen LogP contribution is -2.34. The zero-order chi connectivity index (χ0) is 9.41. The molecule has 0 aromatic heterocycles. The van der Waals surface area contributed by atoms with E-state index in [-0.39, 0.29) is 5.25 Å². The monoisotopic (exact) mass is 188 g/mol. The Kier molecular flexibility index (Phi) is 2.34. The molecule has 12 heavy (non-hydrogen) atoms. The molecular weight excluding hydrogens is 172 g/mol. The van der Waals surface area contributed by atoms with Crippen LogP contribution in [0.1, 0.15) is 33.6 Å². The zero-order valence-corrected chi connectivity index (χ0v) is 8.69. The Morgan fingerprint density at radius 3 is 2.25 bits per heavy atom. The minimum atomic E-state index is -2.94. The van der Waals surface area contributed by atoms with E-state index in [0.29, 0.717) is 12.8 Å². The summed E-state index contributed by atoms with van der Waals surface area (Å²) in [6, 6.07) is 0. The summed E-state index contributed by atoms with van der Waals surface area (Å²) >= 11 is 0. The van der Waals surface area contributed by atoms with Crippen LogP contribution >= 0.6 is 0 Å². The van der Waals surface area contributed by atoms with Gasteiger partial charge in [0.05, 0.1) is 10.00 Å². The summed E-state index contributed by atoms with van der Waals surface area (Å²) < 4.78 is 23.0. The van der Waals surface area contributed by atoms with Gasteiger partial charge in [-0.3, -0.25) is 0 Å². The number of sulfone groups is 1. The van der Waals surface area contributed by atoms with Gasteiger partial charge in [0.25, 0.3) is 0 Å². The first kappa shape index (κ1) is 9.78. The number of hydrogen-bond acceptors (Lipinski definition) is 2.